The minimum atomic E-state index is -0.223. The molecule has 0 saturated carbocycles. The molecule has 3 heterocycles. The van der Waals surface area contributed by atoms with Crippen molar-refractivity contribution in [2.75, 3.05) is 31.3 Å². The van der Waals surface area contributed by atoms with Crippen molar-refractivity contribution in [1.29, 1.82) is 0 Å². The molecule has 5 aromatic rings. The Morgan fingerprint density at radius 3 is 2.48 bits per heavy atom. The summed E-state index contributed by atoms with van der Waals surface area (Å²) in [5.74, 6) is 6.52. The van der Waals surface area contributed by atoms with Crippen LogP contribution in [0.15, 0.2) is 89.9 Å². The minimum absolute atomic E-state index is 0.166. The third-order valence-electron chi connectivity index (χ3n) is 7.29. The van der Waals surface area contributed by atoms with E-state index < -0.39 is 0 Å². The van der Waals surface area contributed by atoms with Gasteiger partial charge in [-0.15, -0.1) is 0 Å². The van der Waals surface area contributed by atoms with E-state index in [1.54, 1.807) is 36.5 Å². The molecule has 0 atom stereocenters. The average molecular weight is 565 g/mol. The van der Waals surface area contributed by atoms with Crippen LogP contribution < -0.4 is 22.1 Å². The predicted molar refractivity (Wildman–Crippen MR) is 162 cm³/mol. The second kappa shape index (κ2) is 11.9. The zero-order valence-electron chi connectivity index (χ0n) is 23.0. The van der Waals surface area contributed by atoms with Crippen molar-refractivity contribution in [1.82, 2.24) is 24.9 Å². The van der Waals surface area contributed by atoms with Gasteiger partial charge in [0, 0.05) is 42.9 Å². The molecule has 42 heavy (non-hydrogen) atoms. The number of fused-ring (bicyclic) bond motifs is 1. The predicted octanol–water partition coefficient (Wildman–Crippen LogP) is 3.01. The lowest BCUT2D eigenvalue weighted by Gasteiger charge is -2.26. The van der Waals surface area contributed by atoms with E-state index in [9.17, 15) is 9.90 Å². The van der Waals surface area contributed by atoms with Gasteiger partial charge in [0.2, 0.25) is 0 Å². The number of hydrogen-bond acceptors (Lipinski definition) is 9. The van der Waals surface area contributed by atoms with Crippen LogP contribution in [-0.4, -0.2) is 56.3 Å². The standard InChI is InChI=1S/C31H32N8O3/c32-27(20-38(33)24-6-1-21(2-7-24)18-37-13-15-42-16-14-37)31-26-17-22(3-10-29(26)34-35-31)19-39-30(41)12-11-28(36-39)23-4-8-25(40)9-5-23/h1-12,17,20,40H,13-16,18-19,32-33H2,(H,34,35)/b27-20-. The van der Waals surface area contributed by atoms with E-state index in [2.05, 4.69) is 32.3 Å². The van der Waals surface area contributed by atoms with Gasteiger partial charge in [-0.3, -0.25) is 19.8 Å². The highest BCUT2D eigenvalue weighted by molar-refractivity contribution is 5.90. The number of nitrogens with zero attached hydrogens (tertiary/aromatic N) is 5. The van der Waals surface area contributed by atoms with Crippen LogP contribution in [0.4, 0.5) is 5.69 Å². The zero-order valence-corrected chi connectivity index (χ0v) is 23.0. The Morgan fingerprint density at radius 1 is 0.976 bits per heavy atom. The molecule has 0 bridgehead atoms. The van der Waals surface area contributed by atoms with E-state index in [1.165, 1.54) is 21.3 Å². The molecule has 1 fully saturated rings. The zero-order chi connectivity index (χ0) is 29.1. The number of nitrogens with two attached hydrogens (primary N) is 2. The molecule has 1 aliphatic heterocycles. The number of hydrazine groups is 1. The largest absolute Gasteiger partial charge is 0.508 e. The Hall–Kier alpha value is -4.97. The van der Waals surface area contributed by atoms with E-state index in [4.69, 9.17) is 16.3 Å². The van der Waals surface area contributed by atoms with E-state index >= 15 is 0 Å². The highest BCUT2D eigenvalue weighted by atomic mass is 16.5. The summed E-state index contributed by atoms with van der Waals surface area (Å²) < 4.78 is 6.84. The second-order valence-corrected chi connectivity index (χ2v) is 10.3. The number of aromatic nitrogens is 4. The van der Waals surface area contributed by atoms with Crippen molar-refractivity contribution in [3.05, 3.63) is 112 Å². The molecule has 6 N–H and O–H groups in total. The van der Waals surface area contributed by atoms with E-state index in [0.717, 1.165) is 60.6 Å². The number of aromatic amines is 1. The first-order chi connectivity index (χ1) is 20.4. The average Bonchev–Trinajstić information content (AvgIpc) is 3.43. The quantitative estimate of drug-likeness (QED) is 0.165. The SMILES string of the molecule is N/C(=C\N(N)c1ccc(CN2CCOCC2)cc1)c1n[nH]c2ccc(Cn3nc(-c4ccc(O)cc4)ccc3=O)cc12. The number of phenolic OH excluding ortho intramolecular Hbond substituents is 1. The third kappa shape index (κ3) is 6.03. The van der Waals surface area contributed by atoms with Crippen LogP contribution >= 0.6 is 0 Å². The molecule has 0 radical (unpaired) electrons. The molecule has 11 heteroatoms. The Labute approximate surface area is 242 Å². The van der Waals surface area contributed by atoms with Crippen LogP contribution in [0.5, 0.6) is 5.75 Å². The van der Waals surface area contributed by atoms with E-state index in [1.807, 2.05) is 30.3 Å². The monoisotopic (exact) mass is 564 g/mol. The molecule has 11 nitrogen and oxygen atoms in total. The molecule has 0 unspecified atom stereocenters. The van der Waals surface area contributed by atoms with Gasteiger partial charge in [0.05, 0.1) is 42.4 Å². The maximum Gasteiger partial charge on any atom is 0.267 e. The third-order valence-corrected chi connectivity index (χ3v) is 7.29. The van der Waals surface area contributed by atoms with Crippen molar-refractivity contribution in [3.63, 3.8) is 0 Å². The highest BCUT2D eigenvalue weighted by Crippen LogP contribution is 2.24. The molecule has 1 aliphatic rings. The number of rotatable bonds is 8. The van der Waals surface area contributed by atoms with Crippen LogP contribution in [0, 0.1) is 0 Å². The van der Waals surface area contributed by atoms with Crippen molar-refractivity contribution in [3.8, 4) is 17.0 Å². The molecule has 3 aromatic carbocycles. The summed E-state index contributed by atoms with van der Waals surface area (Å²) in [6, 6.07) is 23.7. The molecule has 0 amide bonds. The topological polar surface area (TPSA) is 152 Å². The first-order valence-corrected chi connectivity index (χ1v) is 13.7. The van der Waals surface area contributed by atoms with Crippen LogP contribution in [0.25, 0.3) is 27.9 Å². The van der Waals surface area contributed by atoms with Crippen molar-refractivity contribution in [2.24, 2.45) is 11.6 Å². The van der Waals surface area contributed by atoms with Crippen molar-refractivity contribution >= 4 is 22.3 Å². The maximum absolute atomic E-state index is 12.6. The molecule has 1 saturated heterocycles. The van der Waals surface area contributed by atoms with Crippen LogP contribution in [-0.2, 0) is 17.8 Å². The van der Waals surface area contributed by atoms with Gasteiger partial charge in [-0.25, -0.2) is 10.5 Å². The number of phenols is 1. The summed E-state index contributed by atoms with van der Waals surface area (Å²) in [6.45, 7) is 4.54. The number of benzene rings is 3. The Morgan fingerprint density at radius 2 is 1.71 bits per heavy atom. The number of aromatic hydroxyl groups is 1. The fourth-order valence-electron chi connectivity index (χ4n) is 4.98. The van der Waals surface area contributed by atoms with Gasteiger partial charge in [-0.2, -0.15) is 10.2 Å². The van der Waals surface area contributed by atoms with Crippen LogP contribution in [0.2, 0.25) is 0 Å². The van der Waals surface area contributed by atoms with Gasteiger partial charge in [0.25, 0.3) is 5.56 Å². The van der Waals surface area contributed by atoms with Gasteiger partial charge in [0.1, 0.15) is 11.4 Å². The van der Waals surface area contributed by atoms with Crippen molar-refractivity contribution in [2.45, 2.75) is 13.1 Å². The number of H-pyrrole nitrogens is 1. The lowest BCUT2D eigenvalue weighted by Crippen LogP contribution is -2.35. The number of ether oxygens (including phenoxy) is 1. The molecular weight excluding hydrogens is 532 g/mol. The summed E-state index contributed by atoms with van der Waals surface area (Å²) >= 11 is 0. The summed E-state index contributed by atoms with van der Waals surface area (Å²) in [4.78, 5) is 15.0. The minimum Gasteiger partial charge on any atom is -0.508 e. The molecule has 0 spiro atoms. The number of morpholine rings is 1. The van der Waals surface area contributed by atoms with E-state index in [0.29, 0.717) is 17.1 Å². The Bertz CT molecular complexity index is 1770. The summed E-state index contributed by atoms with van der Waals surface area (Å²) in [5.41, 5.74) is 12.3. The van der Waals surface area contributed by atoms with Gasteiger partial charge in [-0.05, 0) is 65.7 Å². The summed E-state index contributed by atoms with van der Waals surface area (Å²) in [5, 5.41) is 23.9. The van der Waals surface area contributed by atoms with Gasteiger partial charge < -0.3 is 15.6 Å². The molecule has 0 aliphatic carbocycles. The Kier molecular flexibility index (Phi) is 7.69. The number of anilines is 1. The first-order valence-electron chi connectivity index (χ1n) is 13.7. The fraction of sp³-hybridized carbons (Fsp3) is 0.194. The Balaban J connectivity index is 1.20. The fourth-order valence-corrected chi connectivity index (χ4v) is 4.98. The molecule has 2 aromatic heterocycles. The number of hydrogen-bond donors (Lipinski definition) is 4. The van der Waals surface area contributed by atoms with Crippen molar-refractivity contribution < 1.29 is 9.84 Å². The smallest absolute Gasteiger partial charge is 0.267 e. The van der Waals surface area contributed by atoms with E-state index in [-0.39, 0.29) is 17.9 Å². The molecular formula is C31H32N8O3. The lowest BCUT2D eigenvalue weighted by atomic mass is 10.1. The van der Waals surface area contributed by atoms with Gasteiger partial charge in [0.15, 0.2) is 0 Å². The van der Waals surface area contributed by atoms with Crippen LogP contribution in [0.1, 0.15) is 16.8 Å². The summed E-state index contributed by atoms with van der Waals surface area (Å²) in [7, 11) is 0. The van der Waals surface area contributed by atoms with Crippen LogP contribution in [0.3, 0.4) is 0 Å². The normalized spacial score (nSPS) is 14.4. The van der Waals surface area contributed by atoms with Gasteiger partial charge >= 0.3 is 0 Å². The molecule has 214 valence electrons. The van der Waals surface area contributed by atoms with Gasteiger partial charge in [-0.1, -0.05) is 18.2 Å². The number of nitrogens with one attached hydrogen (secondary N) is 1. The first kappa shape index (κ1) is 27.2. The lowest BCUT2D eigenvalue weighted by molar-refractivity contribution is 0.0342. The highest BCUT2D eigenvalue weighted by Gasteiger charge is 2.13. The summed E-state index contributed by atoms with van der Waals surface area (Å²) in [6.07, 6.45) is 1.65. The maximum atomic E-state index is 12.6. The molecule has 6 rings (SSSR count). The second-order valence-electron chi connectivity index (χ2n) is 10.3.